The molecule has 2 aromatic rings. The highest BCUT2D eigenvalue weighted by atomic mass is 16.5. The maximum Gasteiger partial charge on any atom is 0.256 e. The Balaban J connectivity index is 2.06. The molecule has 1 amide bonds. The molecule has 128 valence electrons. The number of amides is 1. The number of carbonyl (C=O) groups excluding carboxylic acids is 1. The lowest BCUT2D eigenvalue weighted by Gasteiger charge is -2.13. The first-order valence-electron chi connectivity index (χ1n) is 7.83. The molecule has 1 aromatic heterocycles. The molecule has 24 heavy (non-hydrogen) atoms. The Labute approximate surface area is 142 Å². The average Bonchev–Trinajstić information content (AvgIpc) is 2.62. The Morgan fingerprint density at radius 3 is 2.50 bits per heavy atom. The van der Waals surface area contributed by atoms with Crippen LogP contribution in [0.1, 0.15) is 30.6 Å². The van der Waals surface area contributed by atoms with Crippen molar-refractivity contribution in [2.45, 2.75) is 26.3 Å². The zero-order valence-corrected chi connectivity index (χ0v) is 14.4. The van der Waals surface area contributed by atoms with Gasteiger partial charge in [-0.1, -0.05) is 6.92 Å². The van der Waals surface area contributed by atoms with E-state index < -0.39 is 0 Å². The van der Waals surface area contributed by atoms with E-state index in [0.29, 0.717) is 28.9 Å². The molecule has 0 radical (unpaired) electrons. The van der Waals surface area contributed by atoms with Crippen LogP contribution in [0.2, 0.25) is 0 Å². The van der Waals surface area contributed by atoms with Gasteiger partial charge in [0.05, 0.1) is 26.1 Å². The van der Waals surface area contributed by atoms with Crippen LogP contribution in [0.3, 0.4) is 0 Å². The summed E-state index contributed by atoms with van der Waals surface area (Å²) in [5.74, 6) is 1.31. The Bertz CT molecular complexity index is 686. The van der Waals surface area contributed by atoms with E-state index in [1.807, 2.05) is 6.07 Å². The molecule has 1 heterocycles. The first kappa shape index (κ1) is 17.6. The van der Waals surface area contributed by atoms with Crippen LogP contribution in [0.15, 0.2) is 36.5 Å². The first-order chi connectivity index (χ1) is 11.6. The number of nitrogens with one attached hydrogen (secondary N) is 2. The van der Waals surface area contributed by atoms with Gasteiger partial charge in [0.1, 0.15) is 5.82 Å². The molecule has 1 atom stereocenters. The van der Waals surface area contributed by atoms with E-state index >= 15 is 0 Å². The summed E-state index contributed by atoms with van der Waals surface area (Å²) < 4.78 is 10.4. The topological polar surface area (TPSA) is 72.5 Å². The third-order valence-electron chi connectivity index (χ3n) is 3.68. The lowest BCUT2D eigenvalue weighted by atomic mass is 10.2. The van der Waals surface area contributed by atoms with Crippen molar-refractivity contribution < 1.29 is 14.3 Å². The Hall–Kier alpha value is -2.76. The van der Waals surface area contributed by atoms with Crippen LogP contribution in [0.5, 0.6) is 11.5 Å². The molecule has 1 unspecified atom stereocenters. The molecule has 6 nitrogen and oxygen atoms in total. The number of methoxy groups -OCH3 is 2. The van der Waals surface area contributed by atoms with Gasteiger partial charge in [-0.15, -0.1) is 0 Å². The van der Waals surface area contributed by atoms with E-state index in [2.05, 4.69) is 29.5 Å². The fourth-order valence-corrected chi connectivity index (χ4v) is 2.11. The first-order valence-corrected chi connectivity index (χ1v) is 7.83. The minimum atomic E-state index is -0.258. The fraction of sp³-hybridized carbons (Fsp3) is 0.333. The van der Waals surface area contributed by atoms with Gasteiger partial charge in [0.25, 0.3) is 5.91 Å². The maximum atomic E-state index is 12.3. The summed E-state index contributed by atoms with van der Waals surface area (Å²) >= 11 is 0. The van der Waals surface area contributed by atoms with Crippen molar-refractivity contribution in [3.05, 3.63) is 42.1 Å². The van der Waals surface area contributed by atoms with E-state index in [4.69, 9.17) is 9.47 Å². The van der Waals surface area contributed by atoms with Crippen molar-refractivity contribution in [2.75, 3.05) is 24.9 Å². The number of aromatic nitrogens is 1. The normalized spacial score (nSPS) is 11.5. The summed E-state index contributed by atoms with van der Waals surface area (Å²) in [6, 6.07) is 9.04. The van der Waals surface area contributed by atoms with Gasteiger partial charge in [-0.05, 0) is 43.7 Å². The van der Waals surface area contributed by atoms with Gasteiger partial charge in [0.15, 0.2) is 11.5 Å². The molecule has 1 aromatic carbocycles. The minimum absolute atomic E-state index is 0.258. The second kappa shape index (κ2) is 8.19. The Morgan fingerprint density at radius 1 is 1.17 bits per heavy atom. The van der Waals surface area contributed by atoms with Crippen molar-refractivity contribution >= 4 is 17.4 Å². The van der Waals surface area contributed by atoms with Crippen LogP contribution in [-0.2, 0) is 0 Å². The van der Waals surface area contributed by atoms with E-state index in [1.165, 1.54) is 7.11 Å². The third-order valence-corrected chi connectivity index (χ3v) is 3.68. The monoisotopic (exact) mass is 329 g/mol. The van der Waals surface area contributed by atoms with Crippen molar-refractivity contribution in [3.8, 4) is 11.5 Å². The van der Waals surface area contributed by atoms with Gasteiger partial charge < -0.3 is 20.1 Å². The molecule has 0 saturated carbocycles. The van der Waals surface area contributed by atoms with Gasteiger partial charge >= 0.3 is 0 Å². The Kier molecular flexibility index (Phi) is 6.01. The van der Waals surface area contributed by atoms with Crippen LogP contribution in [0.25, 0.3) is 0 Å². The standard InChI is InChI=1S/C18H23N3O3/c1-5-12(2)20-14-7-9-17(19-11-14)21-18(22)13-6-8-15(23-3)16(10-13)24-4/h6-12,20H,5H2,1-4H3,(H,19,21,22). The lowest BCUT2D eigenvalue weighted by Crippen LogP contribution is -2.15. The van der Waals surface area contributed by atoms with E-state index in [1.54, 1.807) is 37.6 Å². The lowest BCUT2D eigenvalue weighted by molar-refractivity contribution is 0.102. The van der Waals surface area contributed by atoms with Gasteiger partial charge in [-0.25, -0.2) is 4.98 Å². The molecule has 0 spiro atoms. The molecule has 2 rings (SSSR count). The number of ether oxygens (including phenoxy) is 2. The second-order valence-electron chi connectivity index (χ2n) is 5.41. The largest absolute Gasteiger partial charge is 0.493 e. The van der Waals surface area contributed by atoms with Gasteiger partial charge in [0, 0.05) is 11.6 Å². The fourth-order valence-electron chi connectivity index (χ4n) is 2.11. The molecular weight excluding hydrogens is 306 g/mol. The number of carbonyl (C=O) groups is 1. The number of hydrogen-bond donors (Lipinski definition) is 2. The molecule has 0 aliphatic rings. The van der Waals surface area contributed by atoms with Gasteiger partial charge in [-0.3, -0.25) is 4.79 Å². The van der Waals surface area contributed by atoms with E-state index in [-0.39, 0.29) is 5.91 Å². The summed E-state index contributed by atoms with van der Waals surface area (Å²) in [7, 11) is 3.08. The predicted octanol–water partition coefficient (Wildman–Crippen LogP) is 3.56. The molecule has 0 saturated heterocycles. The number of hydrogen-bond acceptors (Lipinski definition) is 5. The smallest absolute Gasteiger partial charge is 0.256 e. The van der Waals surface area contributed by atoms with Crippen LogP contribution in [0, 0.1) is 0 Å². The highest BCUT2D eigenvalue weighted by Crippen LogP contribution is 2.27. The van der Waals surface area contributed by atoms with Gasteiger partial charge in [-0.2, -0.15) is 0 Å². The van der Waals surface area contributed by atoms with Crippen molar-refractivity contribution in [1.29, 1.82) is 0 Å². The zero-order valence-electron chi connectivity index (χ0n) is 14.4. The van der Waals surface area contributed by atoms with Crippen molar-refractivity contribution in [1.82, 2.24) is 4.98 Å². The maximum absolute atomic E-state index is 12.3. The summed E-state index contributed by atoms with van der Waals surface area (Å²) in [6.45, 7) is 4.22. The minimum Gasteiger partial charge on any atom is -0.493 e. The highest BCUT2D eigenvalue weighted by molar-refractivity contribution is 6.04. The van der Waals surface area contributed by atoms with Crippen molar-refractivity contribution in [3.63, 3.8) is 0 Å². The predicted molar refractivity (Wildman–Crippen MR) is 95.1 cm³/mol. The van der Waals surface area contributed by atoms with Crippen LogP contribution >= 0.6 is 0 Å². The third kappa shape index (κ3) is 4.38. The van der Waals surface area contributed by atoms with Crippen LogP contribution in [-0.4, -0.2) is 31.2 Å². The Morgan fingerprint density at radius 2 is 1.92 bits per heavy atom. The molecule has 0 fully saturated rings. The summed E-state index contributed by atoms with van der Waals surface area (Å²) in [4.78, 5) is 16.6. The molecule has 2 N–H and O–H groups in total. The van der Waals surface area contributed by atoms with E-state index in [0.717, 1.165) is 12.1 Å². The summed E-state index contributed by atoms with van der Waals surface area (Å²) in [5.41, 5.74) is 1.39. The molecular formula is C18H23N3O3. The van der Waals surface area contributed by atoms with E-state index in [9.17, 15) is 4.79 Å². The SMILES string of the molecule is CCC(C)Nc1ccc(NC(=O)c2ccc(OC)c(OC)c2)nc1. The van der Waals surface area contributed by atoms with Crippen LogP contribution < -0.4 is 20.1 Å². The zero-order chi connectivity index (χ0) is 17.5. The average molecular weight is 329 g/mol. The highest BCUT2D eigenvalue weighted by Gasteiger charge is 2.11. The molecule has 0 bridgehead atoms. The summed E-state index contributed by atoms with van der Waals surface area (Å²) in [6.07, 6.45) is 2.73. The number of rotatable bonds is 7. The molecule has 0 aliphatic heterocycles. The van der Waals surface area contributed by atoms with Crippen molar-refractivity contribution in [2.24, 2.45) is 0 Å². The number of anilines is 2. The quantitative estimate of drug-likeness (QED) is 0.812. The van der Waals surface area contributed by atoms with Crippen LogP contribution in [0.4, 0.5) is 11.5 Å². The molecule has 0 aliphatic carbocycles. The number of pyridine rings is 1. The number of nitrogens with zero attached hydrogens (tertiary/aromatic N) is 1. The molecule has 6 heteroatoms. The number of benzene rings is 1. The second-order valence-corrected chi connectivity index (χ2v) is 5.41. The van der Waals surface area contributed by atoms with Gasteiger partial charge in [0.2, 0.25) is 0 Å². The summed E-state index contributed by atoms with van der Waals surface area (Å²) in [5, 5.41) is 6.09.